The highest BCUT2D eigenvalue weighted by atomic mass is 32.1. The van der Waals surface area contributed by atoms with Gasteiger partial charge in [0.2, 0.25) is 5.91 Å². The molecular formula is C14H19N3O3S. The van der Waals surface area contributed by atoms with Crippen LogP contribution in [0.1, 0.15) is 37.8 Å². The number of hydrogen-bond acceptors (Lipinski definition) is 6. The second kappa shape index (κ2) is 5.63. The molecule has 1 aliphatic carbocycles. The van der Waals surface area contributed by atoms with E-state index in [2.05, 4.69) is 10.3 Å². The fraction of sp³-hybridized carbons (Fsp3) is 0.643. The second-order valence-electron chi connectivity index (χ2n) is 5.72. The highest BCUT2D eigenvalue weighted by Gasteiger charge is 2.53. The van der Waals surface area contributed by atoms with E-state index in [0.29, 0.717) is 18.1 Å². The predicted molar refractivity (Wildman–Crippen MR) is 78.6 cm³/mol. The van der Waals surface area contributed by atoms with Crippen molar-refractivity contribution >= 4 is 28.3 Å². The molecule has 114 valence electrons. The van der Waals surface area contributed by atoms with Crippen molar-refractivity contribution in [2.75, 3.05) is 12.3 Å². The Balaban J connectivity index is 1.56. The van der Waals surface area contributed by atoms with Gasteiger partial charge < -0.3 is 15.8 Å². The maximum atomic E-state index is 12.4. The van der Waals surface area contributed by atoms with Gasteiger partial charge in [-0.1, -0.05) is 0 Å². The normalized spacial score (nSPS) is 23.4. The van der Waals surface area contributed by atoms with Crippen molar-refractivity contribution < 1.29 is 14.3 Å². The number of nitrogens with one attached hydrogen (secondary N) is 1. The third-order valence-corrected chi connectivity index (χ3v) is 5.06. The number of hydrogen-bond donors (Lipinski definition) is 2. The summed E-state index contributed by atoms with van der Waals surface area (Å²) in [5, 5.41) is 5.34. The summed E-state index contributed by atoms with van der Waals surface area (Å²) < 4.78 is 5.48. The van der Waals surface area contributed by atoms with Gasteiger partial charge in [-0.2, -0.15) is 0 Å². The average molecular weight is 309 g/mol. The Hall–Kier alpha value is -1.63. The lowest BCUT2D eigenvalue weighted by molar-refractivity contribution is -0.149. The van der Waals surface area contributed by atoms with Gasteiger partial charge in [-0.05, 0) is 25.7 Å². The van der Waals surface area contributed by atoms with Gasteiger partial charge in [0.15, 0.2) is 5.13 Å². The minimum atomic E-state index is -0.535. The number of aromatic nitrogens is 1. The third-order valence-electron chi connectivity index (χ3n) is 4.34. The Bertz CT molecular complexity index is 551. The highest BCUT2D eigenvalue weighted by Crippen LogP contribution is 2.45. The van der Waals surface area contributed by atoms with Gasteiger partial charge in [-0.3, -0.25) is 9.59 Å². The number of ether oxygens (including phenoxy) is 1. The number of carbonyl (C=O) groups is 2. The molecule has 2 aliphatic rings. The van der Waals surface area contributed by atoms with Gasteiger partial charge >= 0.3 is 5.97 Å². The number of carbonyl (C=O) groups excluding carboxylic acids is 2. The van der Waals surface area contributed by atoms with Crippen LogP contribution < -0.4 is 11.1 Å². The molecule has 3 N–H and O–H groups in total. The van der Waals surface area contributed by atoms with Crippen LogP contribution in [-0.4, -0.2) is 29.0 Å². The summed E-state index contributed by atoms with van der Waals surface area (Å²) in [6.45, 7) is 0.503. The molecule has 1 amide bonds. The molecule has 21 heavy (non-hydrogen) atoms. The Kier molecular flexibility index (Phi) is 3.84. The number of nitrogens with two attached hydrogens (primary N) is 1. The molecule has 0 radical (unpaired) electrons. The zero-order valence-corrected chi connectivity index (χ0v) is 12.6. The molecule has 7 heteroatoms. The quantitative estimate of drug-likeness (QED) is 0.817. The molecule has 1 spiro atoms. The van der Waals surface area contributed by atoms with E-state index in [1.807, 2.05) is 5.38 Å². The van der Waals surface area contributed by atoms with Crippen molar-refractivity contribution in [1.82, 2.24) is 10.3 Å². The van der Waals surface area contributed by atoms with Gasteiger partial charge in [0.05, 0.1) is 18.0 Å². The van der Waals surface area contributed by atoms with Gasteiger partial charge in [0, 0.05) is 18.3 Å². The summed E-state index contributed by atoms with van der Waals surface area (Å²) in [6.07, 6.45) is 4.51. The van der Waals surface area contributed by atoms with Gasteiger partial charge in [-0.25, -0.2) is 4.98 Å². The fourth-order valence-electron chi connectivity index (χ4n) is 3.32. The summed E-state index contributed by atoms with van der Waals surface area (Å²) in [5.41, 5.74) is 5.92. The third kappa shape index (κ3) is 2.88. The van der Waals surface area contributed by atoms with E-state index in [1.165, 1.54) is 11.3 Å². The SMILES string of the molecule is Nc1nc(CCNC(=O)[C@H]2CC(=O)OC23CCCC3)cs1. The molecule has 0 aromatic carbocycles. The Morgan fingerprint density at radius 3 is 2.95 bits per heavy atom. The summed E-state index contributed by atoms with van der Waals surface area (Å²) in [4.78, 5) is 28.1. The average Bonchev–Trinajstić information content (AvgIpc) is 3.13. The number of anilines is 1. The first-order chi connectivity index (χ1) is 10.1. The van der Waals surface area contributed by atoms with E-state index in [1.54, 1.807) is 0 Å². The first-order valence-corrected chi connectivity index (χ1v) is 8.16. The zero-order chi connectivity index (χ0) is 14.9. The summed E-state index contributed by atoms with van der Waals surface area (Å²) in [7, 11) is 0. The second-order valence-corrected chi connectivity index (χ2v) is 6.61. The van der Waals surface area contributed by atoms with E-state index < -0.39 is 5.60 Å². The summed E-state index contributed by atoms with van der Waals surface area (Å²) in [6, 6.07) is 0. The Labute approximate surface area is 127 Å². The Morgan fingerprint density at radius 1 is 1.52 bits per heavy atom. The molecule has 6 nitrogen and oxygen atoms in total. The first-order valence-electron chi connectivity index (χ1n) is 7.28. The number of rotatable bonds is 4. The van der Waals surface area contributed by atoms with Crippen LogP contribution in [0.4, 0.5) is 5.13 Å². The van der Waals surface area contributed by atoms with Crippen molar-refractivity contribution in [2.45, 2.75) is 44.1 Å². The fourth-order valence-corrected chi connectivity index (χ4v) is 3.92. The highest BCUT2D eigenvalue weighted by molar-refractivity contribution is 7.13. The van der Waals surface area contributed by atoms with Crippen LogP contribution in [-0.2, 0) is 20.7 Å². The minimum Gasteiger partial charge on any atom is -0.458 e. The van der Waals surface area contributed by atoms with Crippen molar-refractivity contribution in [2.24, 2.45) is 5.92 Å². The van der Waals surface area contributed by atoms with Crippen LogP contribution in [0.15, 0.2) is 5.38 Å². The van der Waals surface area contributed by atoms with E-state index in [9.17, 15) is 9.59 Å². The number of amides is 1. The van der Waals surface area contributed by atoms with E-state index in [-0.39, 0.29) is 24.2 Å². The minimum absolute atomic E-state index is 0.0778. The molecule has 1 aromatic rings. The van der Waals surface area contributed by atoms with Crippen LogP contribution >= 0.6 is 11.3 Å². The van der Waals surface area contributed by atoms with Gasteiger partial charge in [0.1, 0.15) is 5.60 Å². The van der Waals surface area contributed by atoms with Gasteiger partial charge in [0.25, 0.3) is 0 Å². The molecule has 0 bridgehead atoms. The van der Waals surface area contributed by atoms with Gasteiger partial charge in [-0.15, -0.1) is 11.3 Å². The number of nitrogens with zero attached hydrogens (tertiary/aromatic N) is 1. The lowest BCUT2D eigenvalue weighted by atomic mass is 9.85. The molecule has 3 rings (SSSR count). The van der Waals surface area contributed by atoms with E-state index >= 15 is 0 Å². The Morgan fingerprint density at radius 2 is 2.29 bits per heavy atom. The van der Waals surface area contributed by atoms with Crippen LogP contribution in [0.2, 0.25) is 0 Å². The molecule has 1 saturated heterocycles. The lowest BCUT2D eigenvalue weighted by Crippen LogP contribution is -2.43. The largest absolute Gasteiger partial charge is 0.458 e. The summed E-state index contributed by atoms with van der Waals surface area (Å²) in [5.74, 6) is -0.664. The molecule has 1 saturated carbocycles. The molecule has 2 heterocycles. The molecule has 1 aliphatic heterocycles. The molecule has 1 aromatic heterocycles. The van der Waals surface area contributed by atoms with Crippen molar-refractivity contribution in [3.63, 3.8) is 0 Å². The zero-order valence-electron chi connectivity index (χ0n) is 11.8. The predicted octanol–water partition coefficient (Wildman–Crippen LogP) is 1.26. The van der Waals surface area contributed by atoms with Crippen molar-refractivity contribution in [3.8, 4) is 0 Å². The standard InChI is InChI=1S/C14H19N3O3S/c15-13-17-9(8-21-13)3-6-16-12(19)10-7-11(18)20-14(10)4-1-2-5-14/h8,10H,1-7H2,(H2,15,17)(H,16,19)/t10-/m1/s1. The maximum absolute atomic E-state index is 12.4. The number of esters is 1. The molecule has 0 unspecified atom stereocenters. The summed E-state index contributed by atoms with van der Waals surface area (Å²) >= 11 is 1.39. The van der Waals surface area contributed by atoms with E-state index in [4.69, 9.17) is 10.5 Å². The van der Waals surface area contributed by atoms with Crippen LogP contribution in [0, 0.1) is 5.92 Å². The maximum Gasteiger partial charge on any atom is 0.307 e. The van der Waals surface area contributed by atoms with Crippen LogP contribution in [0.25, 0.3) is 0 Å². The van der Waals surface area contributed by atoms with Crippen LogP contribution in [0.3, 0.4) is 0 Å². The molecular weight excluding hydrogens is 290 g/mol. The molecule has 1 atom stereocenters. The smallest absolute Gasteiger partial charge is 0.307 e. The van der Waals surface area contributed by atoms with Crippen LogP contribution in [0.5, 0.6) is 0 Å². The first kappa shape index (κ1) is 14.3. The van der Waals surface area contributed by atoms with Crippen molar-refractivity contribution in [1.29, 1.82) is 0 Å². The lowest BCUT2D eigenvalue weighted by Gasteiger charge is -2.27. The monoisotopic (exact) mass is 309 g/mol. The molecule has 2 fully saturated rings. The van der Waals surface area contributed by atoms with Crippen molar-refractivity contribution in [3.05, 3.63) is 11.1 Å². The van der Waals surface area contributed by atoms with E-state index in [0.717, 1.165) is 31.4 Å². The number of thiazole rings is 1. The number of nitrogen functional groups attached to an aromatic ring is 1. The topological polar surface area (TPSA) is 94.3 Å².